The van der Waals surface area contributed by atoms with Gasteiger partial charge in [-0.3, -0.25) is 10.6 Å². The summed E-state index contributed by atoms with van der Waals surface area (Å²) in [6, 6.07) is 26.5. The highest BCUT2D eigenvalue weighted by molar-refractivity contribution is 5.86. The summed E-state index contributed by atoms with van der Waals surface area (Å²) in [6.07, 6.45) is 0.186. The molecule has 22 heavy (non-hydrogen) atoms. The molecule has 110 valence electrons. The lowest BCUT2D eigenvalue weighted by molar-refractivity contribution is 0.558. The van der Waals surface area contributed by atoms with E-state index in [1.165, 1.54) is 21.9 Å². The maximum absolute atomic E-state index is 3.75. The molecular weight excluding hydrogens is 268 g/mol. The third-order valence-corrected chi connectivity index (χ3v) is 4.57. The monoisotopic (exact) mass is 288 g/mol. The molecule has 2 nitrogen and oxygen atoms in total. The zero-order chi connectivity index (χ0) is 14.9. The van der Waals surface area contributed by atoms with Crippen molar-refractivity contribution in [2.24, 2.45) is 0 Å². The van der Waals surface area contributed by atoms with Gasteiger partial charge in [-0.05, 0) is 28.8 Å². The molecule has 2 heteroatoms. The second-order valence-electron chi connectivity index (χ2n) is 6.01. The van der Waals surface area contributed by atoms with E-state index in [9.17, 15) is 0 Å². The van der Waals surface area contributed by atoms with Crippen molar-refractivity contribution in [3.63, 3.8) is 0 Å². The molecule has 3 unspecified atom stereocenters. The molecule has 2 N–H and O–H groups in total. The third-order valence-electron chi connectivity index (χ3n) is 4.57. The van der Waals surface area contributed by atoms with Gasteiger partial charge in [-0.1, -0.05) is 72.8 Å². The van der Waals surface area contributed by atoms with Crippen LogP contribution in [-0.2, 0) is 0 Å². The van der Waals surface area contributed by atoms with Crippen molar-refractivity contribution in [1.29, 1.82) is 0 Å². The molecule has 0 spiro atoms. The van der Waals surface area contributed by atoms with Gasteiger partial charge < -0.3 is 0 Å². The fraction of sp³-hybridized carbons (Fsp3) is 0.200. The summed E-state index contributed by atoms with van der Waals surface area (Å²) in [6.45, 7) is 2.25. The van der Waals surface area contributed by atoms with Gasteiger partial charge in [0.2, 0.25) is 0 Å². The summed E-state index contributed by atoms with van der Waals surface area (Å²) < 4.78 is 0. The third kappa shape index (κ3) is 2.31. The first kappa shape index (κ1) is 13.5. The Bertz CT molecular complexity index is 777. The van der Waals surface area contributed by atoms with Crippen LogP contribution in [-0.4, -0.2) is 6.04 Å². The summed E-state index contributed by atoms with van der Waals surface area (Å²) in [5.41, 5.74) is 2.66. The van der Waals surface area contributed by atoms with Crippen LogP contribution < -0.4 is 10.6 Å². The highest BCUT2D eigenvalue weighted by Crippen LogP contribution is 2.31. The minimum absolute atomic E-state index is 0.186. The first-order chi connectivity index (χ1) is 10.8. The molecule has 1 fully saturated rings. The number of rotatable bonds is 2. The molecule has 1 aliphatic heterocycles. The molecule has 1 aliphatic rings. The predicted octanol–water partition coefficient (Wildman–Crippen LogP) is 4.16. The second-order valence-corrected chi connectivity index (χ2v) is 6.01. The Kier molecular flexibility index (Phi) is 3.41. The van der Waals surface area contributed by atoms with Crippen LogP contribution in [0.4, 0.5) is 0 Å². The highest BCUT2D eigenvalue weighted by atomic mass is 15.2. The fourth-order valence-electron chi connectivity index (χ4n) is 3.46. The van der Waals surface area contributed by atoms with Crippen molar-refractivity contribution in [2.45, 2.75) is 25.2 Å². The van der Waals surface area contributed by atoms with Gasteiger partial charge in [0.05, 0.1) is 6.17 Å². The number of fused-ring (bicyclic) bond motifs is 1. The van der Waals surface area contributed by atoms with Crippen molar-refractivity contribution in [3.8, 4) is 0 Å². The van der Waals surface area contributed by atoms with Gasteiger partial charge in [-0.2, -0.15) is 0 Å². The molecule has 1 saturated heterocycles. The topological polar surface area (TPSA) is 24.1 Å². The van der Waals surface area contributed by atoms with E-state index in [0.29, 0.717) is 12.1 Å². The first-order valence-electron chi connectivity index (χ1n) is 7.87. The van der Waals surface area contributed by atoms with E-state index < -0.39 is 0 Å². The lowest BCUT2D eigenvalue weighted by Gasteiger charge is -2.16. The van der Waals surface area contributed by atoms with Crippen LogP contribution in [0.25, 0.3) is 10.8 Å². The summed E-state index contributed by atoms with van der Waals surface area (Å²) in [4.78, 5) is 0. The summed E-state index contributed by atoms with van der Waals surface area (Å²) in [5.74, 6) is 0. The zero-order valence-electron chi connectivity index (χ0n) is 12.7. The van der Waals surface area contributed by atoms with Crippen LogP contribution in [0.2, 0.25) is 0 Å². The Morgan fingerprint density at radius 2 is 1.45 bits per heavy atom. The van der Waals surface area contributed by atoms with Crippen LogP contribution in [0.15, 0.2) is 72.8 Å². The highest BCUT2D eigenvalue weighted by Gasteiger charge is 2.32. The Balaban J connectivity index is 1.69. The Morgan fingerprint density at radius 1 is 0.727 bits per heavy atom. The second kappa shape index (κ2) is 5.56. The summed E-state index contributed by atoms with van der Waals surface area (Å²) in [5, 5.41) is 10.1. The van der Waals surface area contributed by atoms with Crippen LogP contribution >= 0.6 is 0 Å². The Morgan fingerprint density at radius 3 is 2.32 bits per heavy atom. The molecule has 0 aromatic heterocycles. The smallest absolute Gasteiger partial charge is 0.0849 e. The SMILES string of the molecule is CC1NC(c2cccc3ccccc23)NC1c1ccccc1. The molecule has 0 bridgehead atoms. The van der Waals surface area contributed by atoms with Gasteiger partial charge in [0.15, 0.2) is 0 Å². The Hall–Kier alpha value is -2.16. The molecule has 0 amide bonds. The van der Waals surface area contributed by atoms with Crippen LogP contribution in [0, 0.1) is 0 Å². The summed E-state index contributed by atoms with van der Waals surface area (Å²) >= 11 is 0. The maximum atomic E-state index is 3.75. The van der Waals surface area contributed by atoms with Crippen molar-refractivity contribution >= 4 is 10.8 Å². The number of hydrogen-bond donors (Lipinski definition) is 2. The normalized spacial score (nSPS) is 24.7. The molecule has 4 rings (SSSR count). The minimum atomic E-state index is 0.186. The molecule has 0 radical (unpaired) electrons. The van der Waals surface area contributed by atoms with Crippen LogP contribution in [0.3, 0.4) is 0 Å². The molecule has 3 aromatic carbocycles. The van der Waals surface area contributed by atoms with E-state index in [0.717, 1.165) is 0 Å². The van der Waals surface area contributed by atoms with Gasteiger partial charge in [-0.15, -0.1) is 0 Å². The lowest BCUT2D eigenvalue weighted by atomic mass is 10.0. The largest absolute Gasteiger partial charge is 0.294 e. The fourth-order valence-corrected chi connectivity index (χ4v) is 3.46. The van der Waals surface area contributed by atoms with E-state index in [2.05, 4.69) is 90.4 Å². The van der Waals surface area contributed by atoms with Crippen molar-refractivity contribution in [3.05, 3.63) is 83.9 Å². The molecule has 3 atom stereocenters. The molecular formula is C20H20N2. The lowest BCUT2D eigenvalue weighted by Crippen LogP contribution is -2.24. The van der Waals surface area contributed by atoms with E-state index in [1.54, 1.807) is 0 Å². The van der Waals surface area contributed by atoms with Gasteiger partial charge in [0.1, 0.15) is 0 Å². The van der Waals surface area contributed by atoms with E-state index in [-0.39, 0.29) is 6.17 Å². The number of hydrogen-bond acceptors (Lipinski definition) is 2. The first-order valence-corrected chi connectivity index (χ1v) is 7.87. The molecule has 0 aliphatic carbocycles. The number of nitrogens with one attached hydrogen (secondary N) is 2. The van der Waals surface area contributed by atoms with Crippen LogP contribution in [0.1, 0.15) is 30.3 Å². The van der Waals surface area contributed by atoms with Gasteiger partial charge in [-0.25, -0.2) is 0 Å². The molecule has 3 aromatic rings. The van der Waals surface area contributed by atoms with Crippen LogP contribution in [0.5, 0.6) is 0 Å². The van der Waals surface area contributed by atoms with Crippen molar-refractivity contribution < 1.29 is 0 Å². The minimum Gasteiger partial charge on any atom is -0.294 e. The maximum Gasteiger partial charge on any atom is 0.0849 e. The standard InChI is InChI=1S/C20H20N2/c1-14-19(16-9-3-2-4-10-16)22-20(21-14)18-13-7-11-15-8-5-6-12-17(15)18/h2-14,19-22H,1H3. The quantitative estimate of drug-likeness (QED) is 0.740. The average Bonchev–Trinajstić information content (AvgIpc) is 2.97. The van der Waals surface area contributed by atoms with Gasteiger partial charge in [0, 0.05) is 12.1 Å². The van der Waals surface area contributed by atoms with Gasteiger partial charge in [0.25, 0.3) is 0 Å². The van der Waals surface area contributed by atoms with E-state index in [1.807, 2.05) is 0 Å². The predicted molar refractivity (Wildman–Crippen MR) is 91.6 cm³/mol. The van der Waals surface area contributed by atoms with Crippen molar-refractivity contribution in [2.75, 3.05) is 0 Å². The van der Waals surface area contributed by atoms with Gasteiger partial charge >= 0.3 is 0 Å². The zero-order valence-corrected chi connectivity index (χ0v) is 12.7. The number of benzene rings is 3. The average molecular weight is 288 g/mol. The van der Waals surface area contributed by atoms with Crippen molar-refractivity contribution in [1.82, 2.24) is 10.6 Å². The Labute approximate surface area is 131 Å². The summed E-state index contributed by atoms with van der Waals surface area (Å²) in [7, 11) is 0. The van der Waals surface area contributed by atoms with E-state index >= 15 is 0 Å². The molecule has 1 heterocycles. The molecule has 0 saturated carbocycles. The van der Waals surface area contributed by atoms with E-state index in [4.69, 9.17) is 0 Å².